The van der Waals surface area contributed by atoms with Crippen LogP contribution in [0.5, 0.6) is 0 Å². The van der Waals surface area contributed by atoms with Gasteiger partial charge in [-0.1, -0.05) is 50.9 Å². The molecule has 0 spiro atoms. The van der Waals surface area contributed by atoms with Crippen molar-refractivity contribution >= 4 is 92.1 Å². The summed E-state index contributed by atoms with van der Waals surface area (Å²) in [5.41, 5.74) is 5.53. The van der Waals surface area contributed by atoms with Gasteiger partial charge in [0.1, 0.15) is 83.9 Å². The number of halogens is 10. The Balaban J connectivity index is 0.000000135. The minimum Gasteiger partial charge on any atom is -0.444 e. The fourth-order valence-electron chi connectivity index (χ4n) is 17.3. The van der Waals surface area contributed by atoms with Gasteiger partial charge in [0.05, 0.1) is 108 Å². The van der Waals surface area contributed by atoms with Gasteiger partial charge in [-0.25, -0.2) is 68.4 Å². The summed E-state index contributed by atoms with van der Waals surface area (Å²) in [5.74, 6) is -1.98. The van der Waals surface area contributed by atoms with Gasteiger partial charge >= 0.3 is 19.3 Å². The number of fused-ring (bicyclic) bond motifs is 3. The Labute approximate surface area is 791 Å². The van der Waals surface area contributed by atoms with Crippen molar-refractivity contribution in [1.82, 2.24) is 83.9 Å². The number of hydrogen-bond acceptors (Lipinski definition) is 21. The molecule has 0 radical (unpaired) electrons. The summed E-state index contributed by atoms with van der Waals surface area (Å²) in [4.78, 5) is 51.2. The van der Waals surface area contributed by atoms with Crippen molar-refractivity contribution in [3.8, 4) is 22.3 Å². The lowest BCUT2D eigenvalue weighted by Gasteiger charge is -2.39. The number of carbonyl (C=O) groups excluding carboxylic acids is 2. The van der Waals surface area contributed by atoms with Gasteiger partial charge in [-0.3, -0.25) is 24.0 Å². The number of pyridine rings is 3. The molecule has 11 aromatic rings. The Kier molecular flexibility index (Phi) is 28.4. The smallest absolute Gasteiger partial charge is 0.444 e. The lowest BCUT2D eigenvalue weighted by atomic mass is 9.82. The molecule has 8 aromatic heterocycles. The third kappa shape index (κ3) is 22.5. The average Bonchev–Trinajstić information content (AvgIpc) is 1.51. The molecule has 16 heterocycles. The van der Waals surface area contributed by atoms with E-state index in [0.29, 0.717) is 96.5 Å². The second-order valence-corrected chi connectivity index (χ2v) is 53.2. The van der Waals surface area contributed by atoms with E-state index in [9.17, 15) is 44.7 Å². The summed E-state index contributed by atoms with van der Waals surface area (Å²) in [6.07, 6.45) is 12.1. The van der Waals surface area contributed by atoms with Crippen LogP contribution in [0, 0.1) is 34.9 Å². The number of rotatable bonds is 21. The first-order valence-electron chi connectivity index (χ1n) is 46.0. The van der Waals surface area contributed by atoms with Crippen LogP contribution in [0.15, 0.2) is 134 Å². The highest BCUT2D eigenvalue weighted by atomic mass is 35.5. The number of aliphatic imine (C=N–C) groups is 1. The summed E-state index contributed by atoms with van der Waals surface area (Å²) in [6, 6.07) is 15.9. The summed E-state index contributed by atoms with van der Waals surface area (Å²) in [5, 5.41) is 27.8. The van der Waals surface area contributed by atoms with E-state index in [-0.39, 0.29) is 105 Å². The van der Waals surface area contributed by atoms with Gasteiger partial charge < -0.3 is 58.1 Å². The van der Waals surface area contributed by atoms with Gasteiger partial charge in [0.25, 0.3) is 0 Å². The molecule has 7 fully saturated rings. The second-order valence-electron chi connectivity index (χ2n) is 41.5. The molecule has 8 aliphatic rings. The Bertz CT molecular complexity index is 6190. The first kappa shape index (κ1) is 98.3. The molecule has 6 atom stereocenters. The van der Waals surface area contributed by atoms with E-state index in [4.69, 9.17) is 49.9 Å². The van der Waals surface area contributed by atoms with Crippen LogP contribution >= 0.6 is 11.6 Å². The number of hydrogen-bond donors (Lipinski definition) is 1. The van der Waals surface area contributed by atoms with Crippen LogP contribution in [-0.4, -0.2) is 233 Å². The standard InChI is InChI=1S/C33H42F3N7O3Si.C23H21F3N6.C22H26ClF3N4OSi.C17H28BN3O4/c1-33(2,3)46-32(44)40-18-25(19-40)42-16-22(15-38-42)21-11-27-30(37-14-21)43(20-45-9-10-47(4,5)6)39-31(27)41-17-24(35)13-29(41)26-12-23(34)7-8-28(26)36;24-15-1-2-20(26)18(4-15)22-5-16(25)12-31(22)23-19-3-13(6-28-21(19)10-29-23)14-7-30-32(11-14)17-8-27-9-17;1-32(2,3)7-6-31-13-30-21-18(8-14(23)11-27-21)22(28-30)29-12-16(25)10-20(29)17-9-15(24)4-5-19(17)26;1-15(2,3)23-14(22)20-10-13(11-20)21-9-12(8-19-21)18-24-16(4,5)17(6,7)25-18/h7-8,11-12,14-16,24-25,29H,9-10,13,17-20H2,1-6H3;1-4,6-7,11,16-17,22,27H,5,8-10,12H2;4-5,8-9,11,16,20H,6-7,10,12-13H2,1-3H3;8-9,13H,10-11H2,1-7H3/t24-,29+;16-,22+;16-,20+;/m000./s1. The number of carbonyl (C=O) groups is 2. The molecule has 2 amide bonds. The molecule has 8 aliphatic heterocycles. The molecule has 1 N–H and O–H groups in total. The van der Waals surface area contributed by atoms with Crippen LogP contribution in [-0.2, 0) is 48.3 Å². The van der Waals surface area contributed by atoms with E-state index < -0.39 is 106 Å². The largest absolute Gasteiger partial charge is 0.498 e. The maximum atomic E-state index is 15.0. The zero-order chi connectivity index (χ0) is 97.2. The Morgan fingerprint density at radius 2 is 0.919 bits per heavy atom. The van der Waals surface area contributed by atoms with E-state index in [1.807, 2.05) is 120 Å². The van der Waals surface area contributed by atoms with Gasteiger partial charge in [0.2, 0.25) is 0 Å². The lowest BCUT2D eigenvalue weighted by molar-refractivity contribution is -0.00121. The van der Waals surface area contributed by atoms with E-state index in [2.05, 4.69) is 80.0 Å². The maximum absolute atomic E-state index is 15.0. The monoisotopic (exact) mass is 1940 g/mol. The predicted octanol–water partition coefficient (Wildman–Crippen LogP) is 18.3. The minimum atomic E-state index is -1.32. The summed E-state index contributed by atoms with van der Waals surface area (Å²) < 4.78 is 174. The summed E-state index contributed by atoms with van der Waals surface area (Å²) in [7, 11) is -2.97. The zero-order valence-electron chi connectivity index (χ0n) is 79.4. The van der Waals surface area contributed by atoms with Crippen LogP contribution in [0.4, 0.5) is 60.7 Å². The number of aromatic nitrogens is 13. The quantitative estimate of drug-likeness (QED) is 0.0398. The van der Waals surface area contributed by atoms with Crippen molar-refractivity contribution in [2.45, 2.75) is 237 Å². The van der Waals surface area contributed by atoms with E-state index in [1.165, 1.54) is 6.20 Å². The number of ether oxygens (including phenoxy) is 4. The highest BCUT2D eigenvalue weighted by Gasteiger charge is 2.53. The number of benzene rings is 3. The molecule has 41 heteroatoms. The molecule has 0 saturated carbocycles. The van der Waals surface area contributed by atoms with Crippen molar-refractivity contribution < 1.29 is 77.4 Å². The molecule has 7 saturated heterocycles. The molecule has 726 valence electrons. The fraction of sp³-hybridized carbons (Fsp3) is 0.505. The highest BCUT2D eigenvalue weighted by Crippen LogP contribution is 2.46. The maximum Gasteiger partial charge on any atom is 0.498 e. The molecule has 0 unspecified atom stereocenters. The predicted molar refractivity (Wildman–Crippen MR) is 506 cm³/mol. The minimum absolute atomic E-state index is 0.00300. The normalized spacial score (nSPS) is 20.7. The fourth-order valence-corrected chi connectivity index (χ4v) is 18.9. The second kappa shape index (κ2) is 39.3. The summed E-state index contributed by atoms with van der Waals surface area (Å²) >= 11 is 6.18. The summed E-state index contributed by atoms with van der Waals surface area (Å²) in [6.45, 7) is 38.8. The SMILES string of the molecule is CC(C)(C)OC(=O)N1CC(n2cc(-c3cnc4c(c3)c(N3C[C@@H](F)C[C@@H]3c3cc(F)ccc3F)nn4COCC[Si](C)(C)C)cn2)C1.CC(C)(C)OC(=O)N1CC(n2cc(B3OC(C)(C)C(C)(C)O3)cn2)C1.C[Si](C)(C)CCOCn1nc(N2C[C@@H](F)C[C@@H]2c2cc(F)ccc2F)c2cc(Cl)cnc21.Fc1ccc(F)c([C@H]2C[C@H](F)CN2C2=NCc3ncc(-c4cnn(C5CNC5)c4)cc32)c1. The van der Waals surface area contributed by atoms with Crippen LogP contribution in [0.3, 0.4) is 0 Å². The van der Waals surface area contributed by atoms with Gasteiger partial charge in [0.15, 0.2) is 22.9 Å². The molecule has 136 heavy (non-hydrogen) atoms. The van der Waals surface area contributed by atoms with E-state index >= 15 is 4.39 Å². The van der Waals surface area contributed by atoms with Crippen molar-refractivity contribution in [2.75, 3.05) is 81.9 Å². The van der Waals surface area contributed by atoms with Gasteiger partial charge in [-0.15, -0.1) is 0 Å². The Morgan fingerprint density at radius 1 is 0.507 bits per heavy atom. The number of nitrogens with one attached hydrogen (secondary N) is 1. The molecule has 28 nitrogen and oxygen atoms in total. The number of nitrogens with zero attached hydrogens (tertiary/aromatic N) is 19. The topological polar surface area (TPSA) is 258 Å². The van der Waals surface area contributed by atoms with Crippen LogP contribution in [0.2, 0.25) is 56.4 Å². The first-order valence-corrected chi connectivity index (χ1v) is 53.8. The number of amidine groups is 1. The Hall–Kier alpha value is -10.8. The van der Waals surface area contributed by atoms with Crippen LogP contribution in [0.25, 0.3) is 44.3 Å². The van der Waals surface area contributed by atoms with E-state index in [1.54, 1.807) is 64.7 Å². The lowest BCUT2D eigenvalue weighted by Crippen LogP contribution is -2.52. The Morgan fingerprint density at radius 3 is 1.37 bits per heavy atom. The number of likely N-dealkylation sites (tertiary alicyclic amines) is 3. The third-order valence-electron chi connectivity index (χ3n) is 25.6. The molecule has 0 bridgehead atoms. The number of anilines is 2. The van der Waals surface area contributed by atoms with Crippen molar-refractivity contribution in [3.05, 3.63) is 196 Å². The van der Waals surface area contributed by atoms with Crippen LogP contribution < -0.4 is 20.6 Å². The third-order valence-corrected chi connectivity index (χ3v) is 29.2. The van der Waals surface area contributed by atoms with Gasteiger partial charge in [0, 0.05) is 181 Å². The molecular weight excluding hydrogens is 1820 g/mol. The van der Waals surface area contributed by atoms with Crippen molar-refractivity contribution in [2.24, 2.45) is 4.99 Å². The van der Waals surface area contributed by atoms with E-state index in [0.717, 1.165) is 119 Å². The molecule has 19 rings (SSSR count). The van der Waals surface area contributed by atoms with Crippen molar-refractivity contribution in [3.63, 3.8) is 0 Å². The molecular formula is C95H117BClF9N20O8Si2. The van der Waals surface area contributed by atoms with Crippen LogP contribution in [0.1, 0.15) is 153 Å². The molecule has 0 aliphatic carbocycles. The van der Waals surface area contributed by atoms with Gasteiger partial charge in [-0.2, -0.15) is 25.5 Å². The van der Waals surface area contributed by atoms with Crippen molar-refractivity contribution in [1.29, 1.82) is 0 Å². The van der Waals surface area contributed by atoms with Gasteiger partial charge in [-0.05, 0) is 154 Å². The zero-order valence-corrected chi connectivity index (χ0v) is 82.1. The first-order chi connectivity index (χ1) is 64.2. The highest BCUT2D eigenvalue weighted by molar-refractivity contribution is 6.76. The number of alkyl halides is 3. The molecule has 3 aromatic carbocycles. The number of amides is 2. The average molecular weight is 1940 g/mol.